The van der Waals surface area contributed by atoms with Gasteiger partial charge in [0.2, 0.25) is 0 Å². The molecule has 0 bridgehead atoms. The Morgan fingerprint density at radius 2 is 1.60 bits per heavy atom. The maximum Gasteiger partial charge on any atom is 0.342 e. The summed E-state index contributed by atoms with van der Waals surface area (Å²) < 4.78 is 0. The minimum atomic E-state index is -1.46. The molecule has 0 amide bonds. The number of rotatable bonds is 6. The van der Waals surface area contributed by atoms with Gasteiger partial charge in [0.1, 0.15) is 0 Å². The van der Waals surface area contributed by atoms with E-state index in [4.69, 9.17) is 0 Å². The fraction of sp³-hybridized carbons (Fsp3) is 0.381. The Balaban J connectivity index is 1.98. The Kier molecular flexibility index (Phi) is 5.59. The standard InChI is InChI=1S/C21H24N2O2/c24-23(25)21(20-14-8-3-9-15-20,16-18-10-4-1-5-11-18)22-17-19-12-6-2-7-13-19/h1,3-5,8-11,14-15,17,19H,2,6-7,12-13,16H2. The zero-order chi connectivity index (χ0) is 17.5. The first-order valence-corrected chi connectivity index (χ1v) is 9.00. The topological polar surface area (TPSA) is 55.5 Å². The van der Waals surface area contributed by atoms with E-state index in [1.807, 2.05) is 66.9 Å². The summed E-state index contributed by atoms with van der Waals surface area (Å²) >= 11 is 0. The van der Waals surface area contributed by atoms with Crippen LogP contribution in [0.1, 0.15) is 43.2 Å². The van der Waals surface area contributed by atoms with Gasteiger partial charge in [0.05, 0.1) is 16.9 Å². The fourth-order valence-electron chi connectivity index (χ4n) is 3.54. The Labute approximate surface area is 148 Å². The van der Waals surface area contributed by atoms with Crippen molar-refractivity contribution in [2.75, 3.05) is 0 Å². The van der Waals surface area contributed by atoms with Crippen LogP contribution in [0.2, 0.25) is 0 Å². The first-order chi connectivity index (χ1) is 12.2. The monoisotopic (exact) mass is 336 g/mol. The lowest BCUT2D eigenvalue weighted by Crippen LogP contribution is -2.36. The molecule has 0 heterocycles. The Bertz CT molecular complexity index is 709. The van der Waals surface area contributed by atoms with Crippen molar-refractivity contribution in [1.82, 2.24) is 0 Å². The second-order valence-electron chi connectivity index (χ2n) is 6.78. The van der Waals surface area contributed by atoms with Gasteiger partial charge in [0.15, 0.2) is 0 Å². The van der Waals surface area contributed by atoms with Crippen LogP contribution in [0.15, 0.2) is 65.7 Å². The van der Waals surface area contributed by atoms with Crippen molar-refractivity contribution in [2.24, 2.45) is 10.9 Å². The molecule has 1 unspecified atom stereocenters. The van der Waals surface area contributed by atoms with Crippen LogP contribution in [0.3, 0.4) is 0 Å². The molecule has 0 spiro atoms. The molecule has 0 saturated heterocycles. The Morgan fingerprint density at radius 1 is 1.00 bits per heavy atom. The normalized spacial score (nSPS) is 18.1. The SMILES string of the molecule is O=[N+]([O-])C(Cc1ccccc1)(N=CC1CCCCC1)c1ccccc1. The van der Waals surface area contributed by atoms with Gasteiger partial charge in [-0.05, 0) is 36.5 Å². The number of hydrogen-bond acceptors (Lipinski definition) is 3. The summed E-state index contributed by atoms with van der Waals surface area (Å²) in [7, 11) is 0. The van der Waals surface area contributed by atoms with E-state index < -0.39 is 5.66 Å². The van der Waals surface area contributed by atoms with Gasteiger partial charge in [-0.25, -0.2) is 4.99 Å². The second-order valence-corrected chi connectivity index (χ2v) is 6.78. The van der Waals surface area contributed by atoms with Gasteiger partial charge >= 0.3 is 5.66 Å². The summed E-state index contributed by atoms with van der Waals surface area (Å²) in [6.45, 7) is 0. The summed E-state index contributed by atoms with van der Waals surface area (Å²) in [5, 5.41) is 12.2. The van der Waals surface area contributed by atoms with Crippen molar-refractivity contribution in [2.45, 2.75) is 44.2 Å². The van der Waals surface area contributed by atoms with Gasteiger partial charge in [-0.3, -0.25) is 10.1 Å². The van der Waals surface area contributed by atoms with Gasteiger partial charge in [-0.1, -0.05) is 67.8 Å². The molecular weight excluding hydrogens is 312 g/mol. The van der Waals surface area contributed by atoms with Gasteiger partial charge in [-0.2, -0.15) is 0 Å². The smallest absolute Gasteiger partial charge is 0.262 e. The highest BCUT2D eigenvalue weighted by molar-refractivity contribution is 5.61. The number of aliphatic imine (C=N–C) groups is 1. The van der Waals surface area contributed by atoms with Crippen LogP contribution in [0.5, 0.6) is 0 Å². The molecule has 0 aliphatic heterocycles. The lowest BCUT2D eigenvalue weighted by atomic mass is 9.89. The molecule has 4 heteroatoms. The molecule has 2 aromatic rings. The molecule has 1 aliphatic rings. The quantitative estimate of drug-likeness (QED) is 0.423. The molecule has 3 rings (SSSR count). The highest BCUT2D eigenvalue weighted by Crippen LogP contribution is 2.32. The Morgan fingerprint density at radius 3 is 2.20 bits per heavy atom. The van der Waals surface area contributed by atoms with Crippen molar-refractivity contribution in [3.63, 3.8) is 0 Å². The Hall–Kier alpha value is -2.49. The van der Waals surface area contributed by atoms with Crippen molar-refractivity contribution in [3.05, 3.63) is 81.9 Å². The van der Waals surface area contributed by atoms with Gasteiger partial charge in [0.25, 0.3) is 0 Å². The summed E-state index contributed by atoms with van der Waals surface area (Å²) in [4.78, 5) is 16.6. The third-order valence-electron chi connectivity index (χ3n) is 4.98. The highest BCUT2D eigenvalue weighted by atomic mass is 16.6. The molecule has 4 nitrogen and oxygen atoms in total. The van der Waals surface area contributed by atoms with E-state index in [1.165, 1.54) is 19.3 Å². The zero-order valence-corrected chi connectivity index (χ0v) is 14.4. The average Bonchev–Trinajstić information content (AvgIpc) is 2.67. The van der Waals surface area contributed by atoms with Crippen molar-refractivity contribution in [3.8, 4) is 0 Å². The predicted octanol–water partition coefficient (Wildman–Crippen LogP) is 5.01. The predicted molar refractivity (Wildman–Crippen MR) is 100 cm³/mol. The van der Waals surface area contributed by atoms with Crippen LogP contribution >= 0.6 is 0 Å². The third-order valence-corrected chi connectivity index (χ3v) is 4.98. The van der Waals surface area contributed by atoms with Crippen molar-refractivity contribution < 1.29 is 4.92 Å². The van der Waals surface area contributed by atoms with Crippen LogP contribution in [0, 0.1) is 16.0 Å². The largest absolute Gasteiger partial charge is 0.342 e. The molecule has 130 valence electrons. The third kappa shape index (κ3) is 4.13. The fourth-order valence-corrected chi connectivity index (χ4v) is 3.54. The maximum absolute atomic E-state index is 12.2. The van der Waals surface area contributed by atoms with Crippen LogP contribution in [-0.2, 0) is 12.1 Å². The summed E-state index contributed by atoms with van der Waals surface area (Å²) in [5.74, 6) is 0.354. The van der Waals surface area contributed by atoms with Crippen LogP contribution in [0.25, 0.3) is 0 Å². The lowest BCUT2D eigenvalue weighted by Gasteiger charge is -2.24. The second kappa shape index (κ2) is 8.06. The molecule has 1 fully saturated rings. The van der Waals surface area contributed by atoms with E-state index in [0.717, 1.165) is 18.4 Å². The summed E-state index contributed by atoms with van der Waals surface area (Å²) in [6.07, 6.45) is 7.91. The van der Waals surface area contributed by atoms with E-state index >= 15 is 0 Å². The van der Waals surface area contributed by atoms with Gasteiger partial charge in [-0.15, -0.1) is 0 Å². The van der Waals surface area contributed by atoms with Gasteiger partial charge < -0.3 is 0 Å². The molecule has 0 aromatic heterocycles. The number of nitrogens with zero attached hydrogens (tertiary/aromatic N) is 2. The van der Waals surface area contributed by atoms with E-state index in [1.54, 1.807) is 0 Å². The highest BCUT2D eigenvalue weighted by Gasteiger charge is 2.44. The first kappa shape index (κ1) is 17.3. The maximum atomic E-state index is 12.2. The van der Waals surface area contributed by atoms with Gasteiger partial charge in [0, 0.05) is 6.21 Å². The van der Waals surface area contributed by atoms with E-state index in [-0.39, 0.29) is 11.3 Å². The first-order valence-electron chi connectivity index (χ1n) is 9.00. The minimum Gasteiger partial charge on any atom is -0.262 e. The van der Waals surface area contributed by atoms with E-state index in [2.05, 4.69) is 4.99 Å². The molecule has 0 N–H and O–H groups in total. The van der Waals surface area contributed by atoms with E-state index in [0.29, 0.717) is 11.5 Å². The number of nitro groups is 1. The number of hydrogen-bond donors (Lipinski definition) is 0. The lowest BCUT2D eigenvalue weighted by molar-refractivity contribution is -0.577. The molecule has 0 radical (unpaired) electrons. The van der Waals surface area contributed by atoms with Crippen LogP contribution in [-0.4, -0.2) is 11.1 Å². The summed E-state index contributed by atoms with van der Waals surface area (Å²) in [6, 6.07) is 18.8. The molecular formula is C21H24N2O2. The molecule has 1 aliphatic carbocycles. The zero-order valence-electron chi connectivity index (χ0n) is 14.4. The molecule has 1 atom stereocenters. The number of benzene rings is 2. The van der Waals surface area contributed by atoms with Crippen molar-refractivity contribution >= 4 is 6.21 Å². The van der Waals surface area contributed by atoms with Crippen LogP contribution < -0.4 is 0 Å². The summed E-state index contributed by atoms with van der Waals surface area (Å²) in [5.41, 5.74) is 0.0971. The average molecular weight is 336 g/mol. The van der Waals surface area contributed by atoms with Crippen molar-refractivity contribution in [1.29, 1.82) is 0 Å². The molecule has 1 saturated carbocycles. The molecule has 25 heavy (non-hydrogen) atoms. The van der Waals surface area contributed by atoms with E-state index in [9.17, 15) is 10.1 Å². The van der Waals surface area contributed by atoms with Crippen LogP contribution in [0.4, 0.5) is 0 Å². The molecule has 2 aromatic carbocycles. The minimum absolute atomic E-state index is 0.228.